The van der Waals surface area contributed by atoms with Gasteiger partial charge in [-0.25, -0.2) is 9.37 Å². The van der Waals surface area contributed by atoms with Crippen molar-refractivity contribution < 1.29 is 13.6 Å². The van der Waals surface area contributed by atoms with E-state index in [-0.39, 0.29) is 23.8 Å². The summed E-state index contributed by atoms with van der Waals surface area (Å²) in [7, 11) is 0. The Bertz CT molecular complexity index is 999. The number of nitrogens with zero attached hydrogens (tertiary/aromatic N) is 1. The fourth-order valence-electron chi connectivity index (χ4n) is 3.48. The molecule has 1 aliphatic rings. The van der Waals surface area contributed by atoms with E-state index in [1.165, 1.54) is 0 Å². The number of carbonyl (C=O) groups excluding carboxylic acids is 1. The molecular formula is C22H22FN3O2. The van der Waals surface area contributed by atoms with Gasteiger partial charge in [0.25, 0.3) is 0 Å². The van der Waals surface area contributed by atoms with Crippen LogP contribution in [0.1, 0.15) is 29.1 Å². The maximum atomic E-state index is 14.6. The van der Waals surface area contributed by atoms with Gasteiger partial charge < -0.3 is 15.1 Å². The van der Waals surface area contributed by atoms with Crippen molar-refractivity contribution >= 4 is 11.6 Å². The molecule has 0 fully saturated rings. The van der Waals surface area contributed by atoms with E-state index in [0.717, 1.165) is 23.4 Å². The van der Waals surface area contributed by atoms with E-state index < -0.39 is 0 Å². The van der Waals surface area contributed by atoms with Crippen LogP contribution >= 0.6 is 0 Å². The molecule has 3 aromatic rings. The first-order chi connectivity index (χ1) is 13.6. The van der Waals surface area contributed by atoms with Crippen molar-refractivity contribution in [3.63, 3.8) is 0 Å². The van der Waals surface area contributed by atoms with Crippen LogP contribution in [0.4, 0.5) is 10.1 Å². The summed E-state index contributed by atoms with van der Waals surface area (Å²) in [5.74, 6) is 0.629. The number of halogens is 1. The molecule has 5 nitrogen and oxygen atoms in total. The van der Waals surface area contributed by atoms with Gasteiger partial charge >= 0.3 is 0 Å². The summed E-state index contributed by atoms with van der Waals surface area (Å²) < 4.78 is 20.5. The Morgan fingerprint density at radius 2 is 2.07 bits per heavy atom. The third-order valence-corrected chi connectivity index (χ3v) is 4.92. The van der Waals surface area contributed by atoms with Crippen LogP contribution in [-0.4, -0.2) is 17.4 Å². The smallest absolute Gasteiger partial charge is 0.224 e. The van der Waals surface area contributed by atoms with Crippen LogP contribution in [0.5, 0.6) is 0 Å². The lowest BCUT2D eigenvalue weighted by atomic mass is 9.99. The summed E-state index contributed by atoms with van der Waals surface area (Å²) in [5, 5.41) is 5.89. The van der Waals surface area contributed by atoms with Crippen LogP contribution in [-0.2, 0) is 24.2 Å². The summed E-state index contributed by atoms with van der Waals surface area (Å²) in [4.78, 5) is 16.7. The van der Waals surface area contributed by atoms with Crippen molar-refractivity contribution in [2.75, 3.05) is 11.9 Å². The highest BCUT2D eigenvalue weighted by Gasteiger charge is 2.18. The first-order valence-corrected chi connectivity index (χ1v) is 9.44. The van der Waals surface area contributed by atoms with Gasteiger partial charge in [-0.05, 0) is 37.1 Å². The maximum absolute atomic E-state index is 14.6. The summed E-state index contributed by atoms with van der Waals surface area (Å²) >= 11 is 0. The molecule has 1 aliphatic heterocycles. The van der Waals surface area contributed by atoms with E-state index >= 15 is 0 Å². The van der Waals surface area contributed by atoms with E-state index in [9.17, 15) is 9.18 Å². The number of benzene rings is 2. The summed E-state index contributed by atoms with van der Waals surface area (Å²) in [5.41, 5.74) is 3.61. The molecule has 0 saturated heterocycles. The molecule has 0 spiro atoms. The fraction of sp³-hybridized carbons (Fsp3) is 0.273. The highest BCUT2D eigenvalue weighted by molar-refractivity contribution is 5.91. The number of hydrogen-bond donors (Lipinski definition) is 2. The number of amides is 1. The molecular weight excluding hydrogens is 357 g/mol. The zero-order chi connectivity index (χ0) is 19.5. The van der Waals surface area contributed by atoms with Crippen molar-refractivity contribution in [1.29, 1.82) is 0 Å². The van der Waals surface area contributed by atoms with E-state index in [1.54, 1.807) is 6.07 Å². The van der Waals surface area contributed by atoms with Crippen LogP contribution in [0.2, 0.25) is 0 Å². The predicted molar refractivity (Wildman–Crippen MR) is 105 cm³/mol. The Balaban J connectivity index is 1.40. The minimum atomic E-state index is -0.328. The number of fused-ring (bicyclic) bond motifs is 1. The molecule has 0 bridgehead atoms. The van der Waals surface area contributed by atoms with Crippen LogP contribution in [0.15, 0.2) is 46.9 Å². The van der Waals surface area contributed by atoms with E-state index in [1.807, 2.05) is 43.3 Å². The Morgan fingerprint density at radius 3 is 2.89 bits per heavy atom. The number of carbonyl (C=O) groups is 1. The highest BCUT2D eigenvalue weighted by atomic mass is 19.1. The molecule has 2 heterocycles. The normalized spacial score (nSPS) is 13.2. The molecule has 2 N–H and O–H groups in total. The number of hydrogen-bond acceptors (Lipinski definition) is 4. The minimum absolute atomic E-state index is 0.173. The van der Waals surface area contributed by atoms with Gasteiger partial charge in [0.2, 0.25) is 5.91 Å². The molecule has 0 aliphatic carbocycles. The van der Waals surface area contributed by atoms with Crippen molar-refractivity contribution in [3.8, 4) is 11.3 Å². The van der Waals surface area contributed by atoms with Crippen LogP contribution in [0, 0.1) is 12.7 Å². The zero-order valence-corrected chi connectivity index (χ0v) is 15.7. The minimum Gasteiger partial charge on any atom is -0.440 e. The lowest BCUT2D eigenvalue weighted by molar-refractivity contribution is -0.116. The molecule has 4 rings (SSSR count). The lowest BCUT2D eigenvalue weighted by Crippen LogP contribution is -2.25. The molecule has 28 heavy (non-hydrogen) atoms. The van der Waals surface area contributed by atoms with Gasteiger partial charge in [-0.3, -0.25) is 4.79 Å². The number of aromatic nitrogens is 1. The average molecular weight is 379 g/mol. The van der Waals surface area contributed by atoms with E-state index in [2.05, 4.69) is 15.6 Å². The molecule has 0 atom stereocenters. The lowest BCUT2D eigenvalue weighted by Gasteiger charge is -2.19. The number of nitrogens with one attached hydrogen (secondary N) is 2. The zero-order valence-electron chi connectivity index (χ0n) is 15.7. The number of rotatable bonds is 5. The Hall–Kier alpha value is -2.99. The average Bonchev–Trinajstić information content (AvgIpc) is 3.10. The third kappa shape index (κ3) is 3.82. The van der Waals surface area contributed by atoms with Gasteiger partial charge in [-0.1, -0.05) is 36.4 Å². The first kappa shape index (κ1) is 18.4. The summed E-state index contributed by atoms with van der Waals surface area (Å²) in [6.07, 6.45) is 1.16. The number of oxazole rings is 1. The molecule has 144 valence electrons. The molecule has 0 unspecified atom stereocenters. The van der Waals surface area contributed by atoms with Gasteiger partial charge in [0.15, 0.2) is 11.7 Å². The molecule has 0 radical (unpaired) electrons. The predicted octanol–water partition coefficient (Wildman–Crippen LogP) is 4.01. The fourth-order valence-corrected chi connectivity index (χ4v) is 3.48. The number of aryl methyl sites for hydroxylation is 2. The van der Waals surface area contributed by atoms with Gasteiger partial charge in [0.1, 0.15) is 5.82 Å². The van der Waals surface area contributed by atoms with Crippen molar-refractivity contribution in [3.05, 3.63) is 71.0 Å². The summed E-state index contributed by atoms with van der Waals surface area (Å²) in [6, 6.07) is 13.2. The third-order valence-electron chi connectivity index (χ3n) is 4.92. The monoisotopic (exact) mass is 379 g/mol. The van der Waals surface area contributed by atoms with Crippen LogP contribution < -0.4 is 10.6 Å². The second kappa shape index (κ2) is 7.94. The van der Waals surface area contributed by atoms with Crippen molar-refractivity contribution in [2.45, 2.75) is 32.7 Å². The molecule has 6 heteroatoms. The first-order valence-electron chi connectivity index (χ1n) is 9.44. The van der Waals surface area contributed by atoms with Gasteiger partial charge in [0, 0.05) is 24.9 Å². The Labute approximate surface area is 163 Å². The van der Waals surface area contributed by atoms with E-state index in [0.29, 0.717) is 36.6 Å². The number of anilines is 1. The van der Waals surface area contributed by atoms with Gasteiger partial charge in [-0.2, -0.15) is 0 Å². The Morgan fingerprint density at radius 1 is 1.25 bits per heavy atom. The second-order valence-corrected chi connectivity index (χ2v) is 6.93. The largest absolute Gasteiger partial charge is 0.440 e. The summed E-state index contributed by atoms with van der Waals surface area (Å²) in [6.45, 7) is 3.29. The highest BCUT2D eigenvalue weighted by Crippen LogP contribution is 2.26. The van der Waals surface area contributed by atoms with E-state index in [4.69, 9.17) is 4.42 Å². The van der Waals surface area contributed by atoms with Crippen molar-refractivity contribution in [2.24, 2.45) is 0 Å². The molecule has 2 aromatic carbocycles. The maximum Gasteiger partial charge on any atom is 0.224 e. The Kier molecular flexibility index (Phi) is 5.21. The standard InChI is InChI=1S/C22H22FN3O2/c1-14-22(15-5-3-2-4-6-15)28-20(25-14)10-9-19(27)26-18-8-7-16-13-24-12-11-17(16)21(18)23/h2-8,24H,9-13H2,1H3,(H,26,27). The van der Waals surface area contributed by atoms with Crippen molar-refractivity contribution in [1.82, 2.24) is 10.3 Å². The SMILES string of the molecule is Cc1nc(CCC(=O)Nc2ccc3c(c2F)CCNC3)oc1-c1ccccc1. The van der Waals surface area contributed by atoms with Gasteiger partial charge in [0.05, 0.1) is 11.4 Å². The van der Waals surface area contributed by atoms with Gasteiger partial charge in [-0.15, -0.1) is 0 Å². The molecule has 1 amide bonds. The van der Waals surface area contributed by atoms with Crippen LogP contribution in [0.25, 0.3) is 11.3 Å². The quantitative estimate of drug-likeness (QED) is 0.703. The molecule has 0 saturated carbocycles. The second-order valence-electron chi connectivity index (χ2n) is 6.93. The molecule has 1 aromatic heterocycles. The van der Waals surface area contributed by atoms with Crippen LogP contribution in [0.3, 0.4) is 0 Å². The topological polar surface area (TPSA) is 67.2 Å².